The first-order valence-electron chi connectivity index (χ1n) is 6.79. The van der Waals surface area contributed by atoms with Crippen LogP contribution >= 0.6 is 0 Å². The third kappa shape index (κ3) is 3.41. The number of aromatic nitrogens is 6. The number of hydrogen-bond donors (Lipinski definition) is 2. The fraction of sp³-hybridized carbons (Fsp3) is 0.545. The molecule has 2 aromatic rings. The fourth-order valence-electron chi connectivity index (χ4n) is 1.88. The number of anilines is 2. The minimum atomic E-state index is 0.411. The number of ether oxygens (including phenoxy) is 1. The number of nitrogens with zero attached hydrogens (tertiary/aromatic N) is 7. The first-order valence-corrected chi connectivity index (χ1v) is 6.79. The molecule has 0 unspecified atom stereocenters. The third-order valence-corrected chi connectivity index (χ3v) is 2.85. The van der Waals surface area contributed by atoms with Gasteiger partial charge in [0.15, 0.2) is 0 Å². The predicted molar refractivity (Wildman–Crippen MR) is 74.9 cm³/mol. The van der Waals surface area contributed by atoms with Gasteiger partial charge in [-0.25, -0.2) is 9.99 Å². The van der Waals surface area contributed by atoms with Gasteiger partial charge in [-0.3, -0.25) is 5.43 Å². The smallest absolute Gasteiger partial charge is 0.258 e. The Bertz CT molecular complexity index is 567. The fourth-order valence-corrected chi connectivity index (χ4v) is 1.88. The minimum absolute atomic E-state index is 0.411. The van der Waals surface area contributed by atoms with Crippen molar-refractivity contribution in [1.29, 1.82) is 0 Å². The van der Waals surface area contributed by atoms with Crippen LogP contribution in [0.4, 0.5) is 11.9 Å². The molecule has 0 bridgehead atoms. The monoisotopic (exact) mass is 291 g/mol. The van der Waals surface area contributed by atoms with Crippen LogP contribution in [-0.2, 0) is 4.74 Å². The van der Waals surface area contributed by atoms with Gasteiger partial charge in [-0.2, -0.15) is 24.7 Å². The zero-order valence-corrected chi connectivity index (χ0v) is 11.7. The van der Waals surface area contributed by atoms with Crippen molar-refractivity contribution in [3.05, 3.63) is 12.7 Å². The first kappa shape index (κ1) is 13.6. The van der Waals surface area contributed by atoms with E-state index in [0.29, 0.717) is 31.1 Å². The lowest BCUT2D eigenvalue weighted by Crippen LogP contribution is -2.40. The van der Waals surface area contributed by atoms with Gasteiger partial charge in [-0.1, -0.05) is 0 Å². The molecule has 2 aromatic heterocycles. The second-order valence-corrected chi connectivity index (χ2v) is 4.36. The van der Waals surface area contributed by atoms with Crippen molar-refractivity contribution in [3.63, 3.8) is 0 Å². The summed E-state index contributed by atoms with van der Waals surface area (Å²) in [6.07, 6.45) is 2.98. The van der Waals surface area contributed by atoms with Gasteiger partial charge in [0.1, 0.15) is 12.7 Å². The van der Waals surface area contributed by atoms with Gasteiger partial charge in [-0.15, -0.1) is 0 Å². The highest BCUT2D eigenvalue weighted by Crippen LogP contribution is 2.09. The summed E-state index contributed by atoms with van der Waals surface area (Å²) in [7, 11) is 0. The van der Waals surface area contributed by atoms with E-state index in [-0.39, 0.29) is 0 Å². The van der Waals surface area contributed by atoms with Gasteiger partial charge in [0, 0.05) is 19.6 Å². The summed E-state index contributed by atoms with van der Waals surface area (Å²) in [6.45, 7) is 5.63. The molecule has 1 aliphatic rings. The van der Waals surface area contributed by atoms with E-state index in [4.69, 9.17) is 4.74 Å². The molecular weight excluding hydrogens is 274 g/mol. The van der Waals surface area contributed by atoms with E-state index >= 15 is 0 Å². The molecule has 3 heterocycles. The van der Waals surface area contributed by atoms with Gasteiger partial charge in [0.25, 0.3) is 5.95 Å². The zero-order valence-electron chi connectivity index (χ0n) is 11.7. The van der Waals surface area contributed by atoms with Crippen LogP contribution in [0, 0.1) is 0 Å². The van der Waals surface area contributed by atoms with Gasteiger partial charge in [0.05, 0.1) is 13.2 Å². The maximum absolute atomic E-state index is 5.31. The Kier molecular flexibility index (Phi) is 4.17. The maximum atomic E-state index is 5.31. The normalized spacial score (nSPS) is 15.9. The summed E-state index contributed by atoms with van der Waals surface area (Å²) in [5.74, 6) is 1.37. The van der Waals surface area contributed by atoms with Gasteiger partial charge >= 0.3 is 0 Å². The Morgan fingerprint density at radius 3 is 2.71 bits per heavy atom. The topological polar surface area (TPSA) is 106 Å². The van der Waals surface area contributed by atoms with Crippen molar-refractivity contribution in [2.24, 2.45) is 0 Å². The zero-order chi connectivity index (χ0) is 14.5. The van der Waals surface area contributed by atoms with Gasteiger partial charge in [0.2, 0.25) is 11.9 Å². The molecule has 10 heteroatoms. The summed E-state index contributed by atoms with van der Waals surface area (Å²) in [4.78, 5) is 16.9. The minimum Gasteiger partial charge on any atom is -0.379 e. The lowest BCUT2D eigenvalue weighted by atomic mass is 10.5. The van der Waals surface area contributed by atoms with E-state index in [0.717, 1.165) is 19.6 Å². The SMILES string of the molecule is CCNc1nc(NN2CCOCC2)nc(-n2cncn2)n1. The average Bonchev–Trinajstić information content (AvgIpc) is 3.03. The highest BCUT2D eigenvalue weighted by atomic mass is 16.5. The molecule has 1 fully saturated rings. The molecule has 21 heavy (non-hydrogen) atoms. The highest BCUT2D eigenvalue weighted by molar-refractivity contribution is 5.37. The third-order valence-electron chi connectivity index (χ3n) is 2.85. The predicted octanol–water partition coefficient (Wildman–Crippen LogP) is -0.457. The molecule has 0 atom stereocenters. The second kappa shape index (κ2) is 6.41. The van der Waals surface area contributed by atoms with Crippen molar-refractivity contribution in [2.75, 3.05) is 43.6 Å². The molecule has 2 N–H and O–H groups in total. The van der Waals surface area contributed by atoms with Crippen molar-refractivity contribution < 1.29 is 4.74 Å². The highest BCUT2D eigenvalue weighted by Gasteiger charge is 2.14. The van der Waals surface area contributed by atoms with Gasteiger partial charge < -0.3 is 10.1 Å². The first-order chi connectivity index (χ1) is 10.3. The summed E-state index contributed by atoms with van der Waals surface area (Å²) in [5.41, 5.74) is 3.17. The molecule has 0 radical (unpaired) electrons. The largest absolute Gasteiger partial charge is 0.379 e. The van der Waals surface area contributed by atoms with Crippen molar-refractivity contribution in [2.45, 2.75) is 6.92 Å². The Labute approximate surface area is 121 Å². The van der Waals surface area contributed by atoms with Crippen LogP contribution < -0.4 is 10.7 Å². The lowest BCUT2D eigenvalue weighted by Gasteiger charge is -2.26. The Morgan fingerprint density at radius 2 is 2.00 bits per heavy atom. The molecule has 0 saturated carbocycles. The molecular formula is C11H17N9O. The Balaban J connectivity index is 1.84. The Morgan fingerprint density at radius 1 is 1.19 bits per heavy atom. The van der Waals surface area contributed by atoms with E-state index in [1.807, 2.05) is 11.9 Å². The van der Waals surface area contributed by atoms with Gasteiger partial charge in [-0.05, 0) is 6.92 Å². The van der Waals surface area contributed by atoms with Crippen LogP contribution in [0.25, 0.3) is 5.95 Å². The van der Waals surface area contributed by atoms with E-state index in [9.17, 15) is 0 Å². The molecule has 112 valence electrons. The molecule has 0 spiro atoms. The van der Waals surface area contributed by atoms with E-state index in [1.54, 1.807) is 6.33 Å². The molecule has 3 rings (SSSR count). The lowest BCUT2D eigenvalue weighted by molar-refractivity contribution is 0.0492. The van der Waals surface area contributed by atoms with Crippen LogP contribution in [-0.4, -0.2) is 67.6 Å². The van der Waals surface area contributed by atoms with Crippen LogP contribution in [0.2, 0.25) is 0 Å². The second-order valence-electron chi connectivity index (χ2n) is 4.36. The summed E-state index contributed by atoms with van der Waals surface area (Å²) in [5, 5.41) is 9.13. The molecule has 1 saturated heterocycles. The summed E-state index contributed by atoms with van der Waals surface area (Å²) < 4.78 is 6.81. The average molecular weight is 291 g/mol. The molecule has 10 nitrogen and oxygen atoms in total. The van der Waals surface area contributed by atoms with Crippen molar-refractivity contribution in [3.8, 4) is 5.95 Å². The summed E-state index contributed by atoms with van der Waals surface area (Å²) >= 11 is 0. The molecule has 0 aliphatic carbocycles. The van der Waals surface area contributed by atoms with Crippen LogP contribution in [0.3, 0.4) is 0 Å². The van der Waals surface area contributed by atoms with E-state index < -0.39 is 0 Å². The number of nitrogens with one attached hydrogen (secondary N) is 2. The van der Waals surface area contributed by atoms with Crippen LogP contribution in [0.15, 0.2) is 12.7 Å². The van der Waals surface area contributed by atoms with Crippen molar-refractivity contribution >= 4 is 11.9 Å². The molecule has 0 amide bonds. The van der Waals surface area contributed by atoms with Crippen molar-refractivity contribution in [1.82, 2.24) is 34.7 Å². The number of hydrogen-bond acceptors (Lipinski definition) is 9. The van der Waals surface area contributed by atoms with E-state index in [2.05, 4.69) is 35.8 Å². The number of rotatable bonds is 5. The molecule has 0 aromatic carbocycles. The standard InChI is InChI=1S/C11H17N9O/c1-2-13-9-15-10(18-19-3-5-21-6-4-19)17-11(16-9)20-8-12-7-14-20/h7-8H,2-6H2,1H3,(H2,13,15,16,17,18). The van der Waals surface area contributed by atoms with E-state index in [1.165, 1.54) is 11.0 Å². The molecule has 1 aliphatic heterocycles. The number of hydrazine groups is 1. The van der Waals surface area contributed by atoms with Crippen LogP contribution in [0.1, 0.15) is 6.92 Å². The van der Waals surface area contributed by atoms with Crippen LogP contribution in [0.5, 0.6) is 0 Å². The number of morpholine rings is 1. The summed E-state index contributed by atoms with van der Waals surface area (Å²) in [6, 6.07) is 0. The Hall–Kier alpha value is -2.33. The maximum Gasteiger partial charge on any atom is 0.258 e. The quantitative estimate of drug-likeness (QED) is 0.757.